The number of benzene rings is 2. The molecule has 2 aromatic rings. The van der Waals surface area contributed by atoms with E-state index in [4.69, 9.17) is 14.2 Å². The molecule has 2 atom stereocenters. The molecule has 9 nitrogen and oxygen atoms in total. The van der Waals surface area contributed by atoms with E-state index in [1.165, 1.54) is 36.4 Å². The van der Waals surface area contributed by atoms with Gasteiger partial charge in [0, 0.05) is 0 Å². The number of halogens is 3. The van der Waals surface area contributed by atoms with E-state index in [9.17, 15) is 31.6 Å². The maximum Gasteiger partial charge on any atom is 0.573 e. The Morgan fingerprint density at radius 1 is 1.08 bits per heavy atom. The quantitative estimate of drug-likeness (QED) is 0.259. The van der Waals surface area contributed by atoms with Gasteiger partial charge in [0.15, 0.2) is 15.6 Å². The number of hydrogen-bond donors (Lipinski definition) is 1. The van der Waals surface area contributed by atoms with Gasteiger partial charge in [-0.2, -0.15) is 0 Å². The Bertz CT molecular complexity index is 1120. The van der Waals surface area contributed by atoms with Gasteiger partial charge in [-0.25, -0.2) is 13.5 Å². The molecule has 1 amide bonds. The van der Waals surface area contributed by atoms with Crippen LogP contribution in [0.1, 0.15) is 26.7 Å². The largest absolute Gasteiger partial charge is 0.573 e. The highest BCUT2D eigenvalue weighted by molar-refractivity contribution is 7.91. The summed E-state index contributed by atoms with van der Waals surface area (Å²) in [6.45, 7) is 3.71. The summed E-state index contributed by atoms with van der Waals surface area (Å²) in [4.78, 5) is 11.1. The van der Waals surface area contributed by atoms with E-state index in [1.54, 1.807) is 0 Å². The number of sulfone groups is 1. The van der Waals surface area contributed by atoms with Crippen LogP contribution in [0.4, 0.5) is 13.2 Å². The first kappa shape index (κ1) is 27.7. The van der Waals surface area contributed by atoms with Crippen molar-refractivity contribution in [3.8, 4) is 17.2 Å². The van der Waals surface area contributed by atoms with E-state index in [0.29, 0.717) is 12.8 Å². The van der Waals surface area contributed by atoms with Crippen molar-refractivity contribution in [3.05, 3.63) is 48.5 Å². The van der Waals surface area contributed by atoms with Crippen LogP contribution in [0.3, 0.4) is 0 Å². The number of rotatable bonds is 11. The highest BCUT2D eigenvalue weighted by Gasteiger charge is 2.45. The Kier molecular flexibility index (Phi) is 8.49. The van der Waals surface area contributed by atoms with Crippen LogP contribution in [0, 0.1) is 0 Å². The van der Waals surface area contributed by atoms with E-state index in [1.807, 2.05) is 13.8 Å². The number of amides is 1. The Hall–Kier alpha value is -2.87. The Morgan fingerprint density at radius 3 is 2.08 bits per heavy atom. The number of hydroxylamine groups is 2. The number of alkyl halides is 3. The molecule has 0 aliphatic carbocycles. The van der Waals surface area contributed by atoms with Crippen molar-refractivity contribution < 1.29 is 50.5 Å². The molecule has 0 saturated carbocycles. The standard InChI is InChI=1S/C23H26F3NO8S/c1-3-22(4-2)32-13-21(35-22)20(27(29)15-28)14-36(30,31)19-11-9-17(10-12-19)33-16-5-7-18(8-6-16)34-23(24,25)26/h5-12,15,20-21,29H,3-4,13-14H2,1-2H3/t20-,21-/m1/s1. The van der Waals surface area contributed by atoms with Crippen LogP contribution in [0.5, 0.6) is 17.2 Å². The first-order valence-corrected chi connectivity index (χ1v) is 12.7. The minimum Gasteiger partial charge on any atom is -0.457 e. The molecule has 1 N–H and O–H groups in total. The maximum atomic E-state index is 13.0. The van der Waals surface area contributed by atoms with Gasteiger partial charge in [0.2, 0.25) is 6.41 Å². The van der Waals surface area contributed by atoms with Gasteiger partial charge in [-0.1, -0.05) is 13.8 Å². The van der Waals surface area contributed by atoms with Gasteiger partial charge in [0.1, 0.15) is 29.4 Å². The zero-order valence-electron chi connectivity index (χ0n) is 19.5. The van der Waals surface area contributed by atoms with Crippen molar-refractivity contribution in [1.29, 1.82) is 0 Å². The van der Waals surface area contributed by atoms with Crippen molar-refractivity contribution in [3.63, 3.8) is 0 Å². The third-order valence-corrected chi connectivity index (χ3v) is 7.47. The molecular formula is C23H26F3NO8S. The minimum absolute atomic E-state index is 0.00629. The van der Waals surface area contributed by atoms with Gasteiger partial charge in [-0.05, 0) is 61.4 Å². The maximum absolute atomic E-state index is 13.0. The van der Waals surface area contributed by atoms with Crippen LogP contribution in [-0.4, -0.2) is 61.8 Å². The summed E-state index contributed by atoms with van der Waals surface area (Å²) < 4.78 is 83.8. The number of hydrogen-bond acceptors (Lipinski definition) is 8. The van der Waals surface area contributed by atoms with Crippen molar-refractivity contribution in [2.24, 2.45) is 0 Å². The van der Waals surface area contributed by atoms with Crippen molar-refractivity contribution in [2.45, 2.75) is 55.9 Å². The van der Waals surface area contributed by atoms with Crippen LogP contribution in [0.25, 0.3) is 0 Å². The fourth-order valence-corrected chi connectivity index (χ4v) is 5.26. The second-order valence-electron chi connectivity index (χ2n) is 8.01. The summed E-state index contributed by atoms with van der Waals surface area (Å²) in [5.41, 5.74) is 0. The lowest BCUT2D eigenvalue weighted by Crippen LogP contribution is -2.47. The predicted octanol–water partition coefficient (Wildman–Crippen LogP) is 4.30. The van der Waals surface area contributed by atoms with Crippen LogP contribution >= 0.6 is 0 Å². The van der Waals surface area contributed by atoms with E-state index in [2.05, 4.69) is 4.74 Å². The number of ether oxygens (including phenoxy) is 4. The molecule has 0 bridgehead atoms. The normalized spacial score (nSPS) is 18.4. The second kappa shape index (κ2) is 11.0. The molecule has 0 unspecified atom stereocenters. The molecule has 0 radical (unpaired) electrons. The second-order valence-corrected chi connectivity index (χ2v) is 10.0. The predicted molar refractivity (Wildman–Crippen MR) is 119 cm³/mol. The summed E-state index contributed by atoms with van der Waals surface area (Å²) in [6.07, 6.45) is -4.55. The Morgan fingerprint density at radius 2 is 1.61 bits per heavy atom. The van der Waals surface area contributed by atoms with E-state index in [-0.39, 0.29) is 34.5 Å². The molecule has 13 heteroatoms. The lowest BCUT2D eigenvalue weighted by Gasteiger charge is -2.29. The molecular weight excluding hydrogens is 507 g/mol. The monoisotopic (exact) mass is 533 g/mol. The van der Waals surface area contributed by atoms with E-state index < -0.39 is 45.6 Å². The summed E-state index contributed by atoms with van der Waals surface area (Å²) in [5, 5.41) is 10.3. The van der Waals surface area contributed by atoms with Crippen molar-refractivity contribution in [2.75, 3.05) is 12.4 Å². The topological polar surface area (TPSA) is 112 Å². The molecule has 1 heterocycles. The number of nitrogens with zero attached hydrogens (tertiary/aromatic N) is 1. The van der Waals surface area contributed by atoms with Gasteiger partial charge in [0.25, 0.3) is 0 Å². The lowest BCUT2D eigenvalue weighted by molar-refractivity contribution is -0.274. The fraction of sp³-hybridized carbons (Fsp3) is 0.435. The Labute approximate surface area is 206 Å². The molecule has 0 spiro atoms. The molecule has 1 aliphatic heterocycles. The molecule has 1 aliphatic rings. The van der Waals surface area contributed by atoms with Gasteiger partial charge >= 0.3 is 6.36 Å². The van der Waals surface area contributed by atoms with Gasteiger partial charge < -0.3 is 18.9 Å². The molecule has 198 valence electrons. The summed E-state index contributed by atoms with van der Waals surface area (Å²) in [5.74, 6) is -1.51. The molecule has 36 heavy (non-hydrogen) atoms. The van der Waals surface area contributed by atoms with Crippen LogP contribution in [0.15, 0.2) is 53.4 Å². The molecule has 3 rings (SSSR count). The zero-order chi connectivity index (χ0) is 26.6. The van der Waals surface area contributed by atoms with Gasteiger partial charge in [-0.3, -0.25) is 10.0 Å². The van der Waals surface area contributed by atoms with E-state index >= 15 is 0 Å². The first-order chi connectivity index (χ1) is 16.9. The number of carbonyl (C=O) groups excluding carboxylic acids is 1. The third-order valence-electron chi connectivity index (χ3n) is 5.70. The highest BCUT2D eigenvalue weighted by atomic mass is 32.2. The van der Waals surface area contributed by atoms with E-state index in [0.717, 1.165) is 12.1 Å². The smallest absolute Gasteiger partial charge is 0.457 e. The molecule has 1 fully saturated rings. The average Bonchev–Trinajstić information content (AvgIpc) is 3.28. The van der Waals surface area contributed by atoms with Gasteiger partial charge in [0.05, 0.1) is 17.3 Å². The van der Waals surface area contributed by atoms with Crippen LogP contribution in [-0.2, 0) is 24.1 Å². The summed E-state index contributed by atoms with van der Waals surface area (Å²) >= 11 is 0. The minimum atomic E-state index is -4.81. The van der Waals surface area contributed by atoms with Crippen molar-refractivity contribution >= 4 is 16.2 Å². The van der Waals surface area contributed by atoms with Crippen LogP contribution in [0.2, 0.25) is 0 Å². The average molecular weight is 534 g/mol. The fourth-order valence-electron chi connectivity index (χ4n) is 3.70. The van der Waals surface area contributed by atoms with Crippen LogP contribution < -0.4 is 9.47 Å². The Balaban J connectivity index is 1.70. The summed E-state index contributed by atoms with van der Waals surface area (Å²) in [6, 6.07) is 8.77. The third kappa shape index (κ3) is 6.87. The van der Waals surface area contributed by atoms with Crippen molar-refractivity contribution in [1.82, 2.24) is 5.06 Å². The molecule has 2 aromatic carbocycles. The summed E-state index contributed by atoms with van der Waals surface area (Å²) in [7, 11) is -3.99. The number of carbonyl (C=O) groups is 1. The highest BCUT2D eigenvalue weighted by Crippen LogP contribution is 2.33. The zero-order valence-corrected chi connectivity index (χ0v) is 20.3. The van der Waals surface area contributed by atoms with Gasteiger partial charge in [-0.15, -0.1) is 13.2 Å². The molecule has 1 saturated heterocycles. The lowest BCUT2D eigenvalue weighted by atomic mass is 10.1. The SMILES string of the molecule is CCC1(CC)OC[C@H]([C@@H](CS(=O)(=O)c2ccc(Oc3ccc(OC(F)(F)F)cc3)cc2)N(O)C=O)O1. The molecule has 0 aromatic heterocycles. The first-order valence-electron chi connectivity index (χ1n) is 11.0.